The van der Waals surface area contributed by atoms with Crippen molar-refractivity contribution in [2.45, 2.75) is 30.8 Å². The minimum absolute atomic E-state index is 0.106. The normalized spacial score (nSPS) is 15.1. The van der Waals surface area contributed by atoms with Gasteiger partial charge in [0, 0.05) is 41.6 Å². The molecule has 1 heterocycles. The molecule has 0 saturated heterocycles. The van der Waals surface area contributed by atoms with Crippen molar-refractivity contribution in [3.8, 4) is 0 Å². The molecule has 0 saturated carbocycles. The summed E-state index contributed by atoms with van der Waals surface area (Å²) >= 11 is 0. The Morgan fingerprint density at radius 2 is 2.16 bits per heavy atom. The van der Waals surface area contributed by atoms with Gasteiger partial charge in [0.1, 0.15) is 4.90 Å². The van der Waals surface area contributed by atoms with Crippen LogP contribution in [-0.4, -0.2) is 35.7 Å². The summed E-state index contributed by atoms with van der Waals surface area (Å²) in [5, 5.41) is 0. The number of nitrogens with one attached hydrogen (secondary N) is 1. The van der Waals surface area contributed by atoms with E-state index < -0.39 is 20.8 Å². The molecule has 1 aromatic rings. The van der Waals surface area contributed by atoms with E-state index in [1.807, 2.05) is 0 Å². The number of aromatic nitrogens is 1. The van der Waals surface area contributed by atoms with Crippen LogP contribution in [0.2, 0.25) is 0 Å². The largest absolute Gasteiger partial charge is 0.325 e. The second-order valence-electron chi connectivity index (χ2n) is 4.28. The van der Waals surface area contributed by atoms with Crippen molar-refractivity contribution in [3.63, 3.8) is 0 Å². The van der Waals surface area contributed by atoms with Crippen LogP contribution in [0.4, 0.5) is 0 Å². The highest BCUT2D eigenvalue weighted by Gasteiger charge is 2.17. The molecule has 3 N–H and O–H groups in total. The zero-order valence-corrected chi connectivity index (χ0v) is 12.6. The maximum atomic E-state index is 12.0. The summed E-state index contributed by atoms with van der Waals surface area (Å²) in [7, 11) is -4.51. The third kappa shape index (κ3) is 5.35. The second kappa shape index (κ2) is 7.09. The van der Waals surface area contributed by atoms with Gasteiger partial charge in [0.05, 0.1) is 5.69 Å². The van der Waals surface area contributed by atoms with Crippen LogP contribution < -0.4 is 10.5 Å². The molecule has 108 valence electrons. The van der Waals surface area contributed by atoms with Gasteiger partial charge < -0.3 is 5.73 Å². The van der Waals surface area contributed by atoms with Crippen molar-refractivity contribution >= 4 is 20.8 Å². The minimum atomic E-state index is -3.58. The smallest absolute Gasteiger partial charge is 0.242 e. The molecular weight excluding hydrogens is 286 g/mol. The topological polar surface area (TPSA) is 102 Å². The van der Waals surface area contributed by atoms with Gasteiger partial charge in [-0.1, -0.05) is 0 Å². The SMILES string of the molecule is CC(CCS(C)=O)NS(=O)(=O)c1ccc(CN)nc1. The fraction of sp³-hybridized carbons (Fsp3) is 0.545. The lowest BCUT2D eigenvalue weighted by Gasteiger charge is -2.13. The molecule has 0 radical (unpaired) electrons. The van der Waals surface area contributed by atoms with E-state index in [9.17, 15) is 12.6 Å². The number of hydrogen-bond acceptors (Lipinski definition) is 5. The van der Waals surface area contributed by atoms with Crippen LogP contribution >= 0.6 is 0 Å². The molecular formula is C11H19N3O3S2. The van der Waals surface area contributed by atoms with Crippen molar-refractivity contribution < 1.29 is 12.6 Å². The lowest BCUT2D eigenvalue weighted by atomic mass is 10.3. The molecule has 0 aliphatic rings. The van der Waals surface area contributed by atoms with Gasteiger partial charge in [0.25, 0.3) is 0 Å². The van der Waals surface area contributed by atoms with Gasteiger partial charge in [0.15, 0.2) is 0 Å². The van der Waals surface area contributed by atoms with Crippen molar-refractivity contribution in [1.29, 1.82) is 0 Å². The third-order valence-electron chi connectivity index (χ3n) is 2.51. The lowest BCUT2D eigenvalue weighted by molar-refractivity contribution is 0.555. The highest BCUT2D eigenvalue weighted by Crippen LogP contribution is 2.09. The Labute approximate surface area is 116 Å². The Morgan fingerprint density at radius 3 is 2.63 bits per heavy atom. The molecule has 0 bridgehead atoms. The number of sulfonamides is 1. The fourth-order valence-electron chi connectivity index (χ4n) is 1.43. The van der Waals surface area contributed by atoms with Gasteiger partial charge in [-0.2, -0.15) is 0 Å². The molecule has 0 amide bonds. The van der Waals surface area contributed by atoms with Gasteiger partial charge in [-0.15, -0.1) is 0 Å². The van der Waals surface area contributed by atoms with Gasteiger partial charge >= 0.3 is 0 Å². The number of hydrogen-bond donors (Lipinski definition) is 2. The number of pyridine rings is 1. The van der Waals surface area contributed by atoms with Crippen molar-refractivity contribution in [2.75, 3.05) is 12.0 Å². The molecule has 0 fully saturated rings. The van der Waals surface area contributed by atoms with Gasteiger partial charge in [-0.05, 0) is 25.5 Å². The Bertz CT molecular complexity index is 529. The predicted octanol–water partition coefficient (Wildman–Crippen LogP) is -0.0243. The first-order valence-corrected chi connectivity index (χ1v) is 9.03. The van der Waals surface area contributed by atoms with Gasteiger partial charge in [-0.25, -0.2) is 13.1 Å². The second-order valence-corrected chi connectivity index (χ2v) is 7.55. The standard InChI is InChI=1S/C11H19N3O3S2/c1-9(5-6-18(2)15)14-19(16,17)11-4-3-10(7-12)13-8-11/h3-4,8-9,14H,5-7,12H2,1-2H3. The minimum Gasteiger partial charge on any atom is -0.325 e. The maximum Gasteiger partial charge on any atom is 0.242 e. The summed E-state index contributed by atoms with van der Waals surface area (Å²) < 4.78 is 37.6. The fourth-order valence-corrected chi connectivity index (χ4v) is 3.33. The summed E-state index contributed by atoms with van der Waals surface area (Å²) in [6, 6.07) is 2.78. The van der Waals surface area contributed by atoms with Crippen LogP contribution in [0.15, 0.2) is 23.2 Å². The summed E-state index contributed by atoms with van der Waals surface area (Å²) in [5.74, 6) is 0.466. The van der Waals surface area contributed by atoms with Gasteiger partial charge in [-0.3, -0.25) is 9.19 Å². The average molecular weight is 305 g/mol. The first-order valence-electron chi connectivity index (χ1n) is 5.82. The Kier molecular flexibility index (Phi) is 6.05. The summed E-state index contributed by atoms with van der Waals surface area (Å²) in [4.78, 5) is 4.06. The molecule has 19 heavy (non-hydrogen) atoms. The molecule has 1 aromatic heterocycles. The monoisotopic (exact) mass is 305 g/mol. The zero-order chi connectivity index (χ0) is 14.5. The number of nitrogens with zero attached hydrogens (tertiary/aromatic N) is 1. The summed E-state index contributed by atoms with van der Waals surface area (Å²) in [5.41, 5.74) is 6.03. The van der Waals surface area contributed by atoms with E-state index in [0.717, 1.165) is 0 Å². The van der Waals surface area contributed by atoms with E-state index in [0.29, 0.717) is 17.9 Å². The van der Waals surface area contributed by atoms with Crippen LogP contribution in [0.25, 0.3) is 0 Å². The van der Waals surface area contributed by atoms with Crippen LogP contribution in [-0.2, 0) is 27.4 Å². The Hall–Kier alpha value is -0.830. The van der Waals surface area contributed by atoms with E-state index in [1.54, 1.807) is 19.2 Å². The third-order valence-corrected chi connectivity index (χ3v) is 4.90. The Morgan fingerprint density at radius 1 is 1.47 bits per heavy atom. The highest BCUT2D eigenvalue weighted by atomic mass is 32.2. The van der Waals surface area contributed by atoms with Gasteiger partial charge in [0.2, 0.25) is 10.0 Å². The van der Waals surface area contributed by atoms with E-state index >= 15 is 0 Å². The molecule has 0 aromatic carbocycles. The summed E-state index contributed by atoms with van der Waals surface area (Å²) in [6.45, 7) is 2.01. The zero-order valence-electron chi connectivity index (χ0n) is 11.0. The quantitative estimate of drug-likeness (QED) is 0.737. The highest BCUT2D eigenvalue weighted by molar-refractivity contribution is 7.89. The molecule has 1 rings (SSSR count). The van der Waals surface area contributed by atoms with E-state index in [4.69, 9.17) is 5.73 Å². The molecule has 6 nitrogen and oxygen atoms in total. The lowest BCUT2D eigenvalue weighted by Crippen LogP contribution is -2.33. The number of nitrogens with two attached hydrogens (primary N) is 1. The average Bonchev–Trinajstić information content (AvgIpc) is 2.36. The molecule has 0 aliphatic heterocycles. The molecule has 0 aliphatic carbocycles. The number of rotatable bonds is 7. The molecule has 2 atom stereocenters. The van der Waals surface area contributed by atoms with Crippen LogP contribution in [0.3, 0.4) is 0 Å². The summed E-state index contributed by atoms with van der Waals surface area (Å²) in [6.07, 6.45) is 3.41. The van der Waals surface area contributed by atoms with E-state index in [-0.39, 0.29) is 17.5 Å². The molecule has 0 spiro atoms. The van der Waals surface area contributed by atoms with Crippen molar-refractivity contribution in [2.24, 2.45) is 5.73 Å². The van der Waals surface area contributed by atoms with E-state index in [2.05, 4.69) is 9.71 Å². The van der Waals surface area contributed by atoms with E-state index in [1.165, 1.54) is 12.3 Å². The first-order chi connectivity index (χ1) is 8.85. The van der Waals surface area contributed by atoms with Crippen molar-refractivity contribution in [1.82, 2.24) is 9.71 Å². The predicted molar refractivity (Wildman–Crippen MR) is 75.5 cm³/mol. The Balaban J connectivity index is 2.71. The molecule has 8 heteroatoms. The molecule has 2 unspecified atom stereocenters. The van der Waals surface area contributed by atoms with Crippen LogP contribution in [0.5, 0.6) is 0 Å². The van der Waals surface area contributed by atoms with Crippen LogP contribution in [0, 0.1) is 0 Å². The van der Waals surface area contributed by atoms with Crippen LogP contribution in [0.1, 0.15) is 19.0 Å². The first kappa shape index (κ1) is 16.2. The van der Waals surface area contributed by atoms with Crippen molar-refractivity contribution in [3.05, 3.63) is 24.0 Å². The maximum absolute atomic E-state index is 12.0.